The van der Waals surface area contributed by atoms with Crippen LogP contribution in [0.5, 0.6) is 11.5 Å². The summed E-state index contributed by atoms with van der Waals surface area (Å²) >= 11 is 6.32. The fourth-order valence-electron chi connectivity index (χ4n) is 2.52. The van der Waals surface area contributed by atoms with Gasteiger partial charge in [0, 0.05) is 26.1 Å². The van der Waals surface area contributed by atoms with Crippen LogP contribution in [0.2, 0.25) is 5.02 Å². The summed E-state index contributed by atoms with van der Waals surface area (Å²) in [6, 6.07) is 3.56. The number of carboxylic acids is 1. The van der Waals surface area contributed by atoms with Gasteiger partial charge in [0.25, 0.3) is 0 Å². The van der Waals surface area contributed by atoms with Crippen molar-refractivity contribution in [2.45, 2.75) is 19.8 Å². The lowest BCUT2D eigenvalue weighted by atomic mass is 10.1. The van der Waals surface area contributed by atoms with Crippen molar-refractivity contribution in [1.82, 2.24) is 4.90 Å². The highest BCUT2D eigenvalue weighted by Crippen LogP contribution is 2.37. The molecule has 1 aliphatic heterocycles. The summed E-state index contributed by atoms with van der Waals surface area (Å²) in [5.41, 5.74) is 0.825. The summed E-state index contributed by atoms with van der Waals surface area (Å²) in [6.07, 6.45) is 0.461. The van der Waals surface area contributed by atoms with Gasteiger partial charge in [0.05, 0.1) is 24.8 Å². The summed E-state index contributed by atoms with van der Waals surface area (Å²) < 4.78 is 16.8. The third kappa shape index (κ3) is 5.85. The highest BCUT2D eigenvalue weighted by Gasteiger charge is 2.15. The van der Waals surface area contributed by atoms with E-state index in [1.807, 2.05) is 13.0 Å². The number of ether oxygens (including phenoxy) is 3. The number of nitrogens with zero attached hydrogens (tertiary/aromatic N) is 1. The van der Waals surface area contributed by atoms with Crippen LogP contribution in [0.4, 0.5) is 0 Å². The molecule has 0 amide bonds. The van der Waals surface area contributed by atoms with Crippen LogP contribution >= 0.6 is 11.6 Å². The Morgan fingerprint density at radius 3 is 2.75 bits per heavy atom. The van der Waals surface area contributed by atoms with E-state index in [-0.39, 0.29) is 6.42 Å². The van der Waals surface area contributed by atoms with Crippen molar-refractivity contribution >= 4 is 17.6 Å². The van der Waals surface area contributed by atoms with Gasteiger partial charge in [-0.3, -0.25) is 9.69 Å². The second-order valence-electron chi connectivity index (χ2n) is 5.53. The Morgan fingerprint density at radius 2 is 2.08 bits per heavy atom. The van der Waals surface area contributed by atoms with Crippen LogP contribution in [-0.2, 0) is 16.0 Å². The summed E-state index contributed by atoms with van der Waals surface area (Å²) in [6.45, 7) is 6.99. The number of rotatable bonds is 9. The molecule has 6 nitrogen and oxygen atoms in total. The summed E-state index contributed by atoms with van der Waals surface area (Å²) in [4.78, 5) is 13.0. The van der Waals surface area contributed by atoms with Crippen molar-refractivity contribution in [2.75, 3.05) is 46.1 Å². The third-order valence-corrected chi connectivity index (χ3v) is 4.04. The number of aliphatic carboxylic acids is 1. The van der Waals surface area contributed by atoms with Gasteiger partial charge in [-0.25, -0.2) is 0 Å². The predicted octanol–water partition coefficient (Wildman–Crippen LogP) is 2.47. The maximum atomic E-state index is 10.7. The second kappa shape index (κ2) is 9.71. The lowest BCUT2D eigenvalue weighted by molar-refractivity contribution is -0.136. The standard InChI is InChI=1S/C17H24ClNO5/c1-2-23-15-12-13(3-4-16(20)21)11-14(18)17(15)24-10-7-19-5-8-22-9-6-19/h11-12H,2-10H2,1H3,(H,20,21). The normalized spacial score (nSPS) is 15.2. The van der Waals surface area contributed by atoms with Gasteiger partial charge in [0.2, 0.25) is 0 Å². The second-order valence-corrected chi connectivity index (χ2v) is 5.94. The monoisotopic (exact) mass is 357 g/mol. The van der Waals surface area contributed by atoms with E-state index in [2.05, 4.69) is 4.90 Å². The van der Waals surface area contributed by atoms with E-state index >= 15 is 0 Å². The van der Waals surface area contributed by atoms with Gasteiger partial charge in [0.15, 0.2) is 11.5 Å². The van der Waals surface area contributed by atoms with Crippen LogP contribution in [0.3, 0.4) is 0 Å². The SMILES string of the molecule is CCOc1cc(CCC(=O)O)cc(Cl)c1OCCN1CCOCC1. The third-order valence-electron chi connectivity index (χ3n) is 3.75. The molecule has 2 rings (SSSR count). The zero-order chi connectivity index (χ0) is 17.4. The minimum Gasteiger partial charge on any atom is -0.490 e. The smallest absolute Gasteiger partial charge is 0.303 e. The maximum Gasteiger partial charge on any atom is 0.303 e. The van der Waals surface area contributed by atoms with Crippen molar-refractivity contribution in [1.29, 1.82) is 0 Å². The van der Waals surface area contributed by atoms with E-state index in [4.69, 9.17) is 30.9 Å². The van der Waals surface area contributed by atoms with E-state index in [9.17, 15) is 4.79 Å². The molecule has 1 N–H and O–H groups in total. The highest BCUT2D eigenvalue weighted by atomic mass is 35.5. The van der Waals surface area contributed by atoms with E-state index in [0.29, 0.717) is 36.2 Å². The first-order chi connectivity index (χ1) is 11.6. The maximum absolute atomic E-state index is 10.7. The van der Waals surface area contributed by atoms with Crippen LogP contribution in [-0.4, -0.2) is 62.0 Å². The molecule has 1 aromatic rings. The molecule has 0 radical (unpaired) electrons. The number of hydrogen-bond donors (Lipinski definition) is 1. The molecule has 1 heterocycles. The molecule has 0 atom stereocenters. The first-order valence-electron chi connectivity index (χ1n) is 8.20. The topological polar surface area (TPSA) is 68.2 Å². The van der Waals surface area contributed by atoms with Crippen LogP contribution < -0.4 is 9.47 Å². The zero-order valence-corrected chi connectivity index (χ0v) is 14.7. The molecule has 1 aromatic carbocycles. The molecular weight excluding hydrogens is 334 g/mol. The average molecular weight is 358 g/mol. The van der Waals surface area contributed by atoms with Gasteiger partial charge in [-0.15, -0.1) is 0 Å². The van der Waals surface area contributed by atoms with Crippen LogP contribution in [0.1, 0.15) is 18.9 Å². The van der Waals surface area contributed by atoms with Crippen LogP contribution in [0.25, 0.3) is 0 Å². The Balaban J connectivity index is 1.99. The largest absolute Gasteiger partial charge is 0.490 e. The summed E-state index contributed by atoms with van der Waals surface area (Å²) in [5, 5.41) is 9.26. The van der Waals surface area contributed by atoms with Gasteiger partial charge < -0.3 is 19.3 Å². The minimum atomic E-state index is -0.838. The molecule has 0 unspecified atom stereocenters. The van der Waals surface area contributed by atoms with E-state index in [0.717, 1.165) is 38.4 Å². The minimum absolute atomic E-state index is 0.0547. The quantitative estimate of drug-likeness (QED) is 0.732. The van der Waals surface area contributed by atoms with E-state index in [1.54, 1.807) is 6.07 Å². The predicted molar refractivity (Wildman–Crippen MR) is 91.3 cm³/mol. The van der Waals surface area contributed by atoms with Crippen LogP contribution in [0.15, 0.2) is 12.1 Å². The summed E-state index contributed by atoms with van der Waals surface area (Å²) in [7, 11) is 0. The van der Waals surface area contributed by atoms with Gasteiger partial charge in [0.1, 0.15) is 6.61 Å². The molecule has 0 aromatic heterocycles. The Hall–Kier alpha value is -1.50. The molecule has 24 heavy (non-hydrogen) atoms. The Labute approximate surface area is 147 Å². The molecule has 0 aliphatic carbocycles. The number of morpholine rings is 1. The molecule has 1 fully saturated rings. The van der Waals surface area contributed by atoms with Gasteiger partial charge in [-0.05, 0) is 31.0 Å². The number of halogens is 1. The first kappa shape index (κ1) is 18.8. The van der Waals surface area contributed by atoms with E-state index < -0.39 is 5.97 Å². The van der Waals surface area contributed by atoms with Crippen molar-refractivity contribution in [3.63, 3.8) is 0 Å². The summed E-state index contributed by atoms with van der Waals surface area (Å²) in [5.74, 6) is 0.244. The first-order valence-corrected chi connectivity index (χ1v) is 8.58. The van der Waals surface area contributed by atoms with Gasteiger partial charge in [-0.2, -0.15) is 0 Å². The molecule has 1 saturated heterocycles. The van der Waals surface area contributed by atoms with E-state index in [1.165, 1.54) is 0 Å². The molecule has 0 bridgehead atoms. The van der Waals surface area contributed by atoms with Crippen molar-refractivity contribution in [2.24, 2.45) is 0 Å². The lowest BCUT2D eigenvalue weighted by Gasteiger charge is -2.26. The molecule has 0 saturated carbocycles. The fraction of sp³-hybridized carbons (Fsp3) is 0.588. The molecule has 0 spiro atoms. The number of carbonyl (C=O) groups is 1. The van der Waals surface area contributed by atoms with Crippen molar-refractivity contribution in [3.8, 4) is 11.5 Å². The molecule has 7 heteroatoms. The number of carboxylic acid groups (broad SMARTS) is 1. The van der Waals surface area contributed by atoms with Crippen molar-refractivity contribution < 1.29 is 24.1 Å². The molecular formula is C17H24ClNO5. The fourth-order valence-corrected chi connectivity index (χ4v) is 2.81. The Morgan fingerprint density at radius 1 is 1.33 bits per heavy atom. The Bertz CT molecular complexity index is 546. The number of aryl methyl sites for hydroxylation is 1. The Kier molecular flexibility index (Phi) is 7.62. The average Bonchev–Trinajstić information content (AvgIpc) is 2.56. The number of benzene rings is 1. The zero-order valence-electron chi connectivity index (χ0n) is 13.9. The molecule has 1 aliphatic rings. The van der Waals surface area contributed by atoms with Crippen molar-refractivity contribution in [3.05, 3.63) is 22.7 Å². The van der Waals surface area contributed by atoms with Gasteiger partial charge in [-0.1, -0.05) is 11.6 Å². The highest BCUT2D eigenvalue weighted by molar-refractivity contribution is 6.32. The van der Waals surface area contributed by atoms with Gasteiger partial charge >= 0.3 is 5.97 Å². The molecule has 134 valence electrons. The number of hydrogen-bond acceptors (Lipinski definition) is 5. The van der Waals surface area contributed by atoms with Crippen LogP contribution in [0, 0.1) is 0 Å². The lowest BCUT2D eigenvalue weighted by Crippen LogP contribution is -2.38.